The molecule has 1 aliphatic heterocycles. The van der Waals surface area contributed by atoms with E-state index in [0.717, 1.165) is 0 Å². The molecule has 0 amide bonds. The van der Waals surface area contributed by atoms with Gasteiger partial charge in [-0.15, -0.1) is 0 Å². The Morgan fingerprint density at radius 2 is 1.94 bits per heavy atom. The maximum atomic E-state index is 11.7. The van der Waals surface area contributed by atoms with E-state index >= 15 is 0 Å². The van der Waals surface area contributed by atoms with Crippen LogP contribution < -0.4 is 9.47 Å². The van der Waals surface area contributed by atoms with Crippen LogP contribution in [0, 0.1) is 28.6 Å². The number of Topliss-reactive ketones (excluding diaryl/α,β-unsaturated/α-hetero) is 1. The Kier molecular flexibility index (Phi) is 2.45. The van der Waals surface area contributed by atoms with Crippen molar-refractivity contribution in [2.75, 3.05) is 6.79 Å². The number of ketones is 1. The number of nitriles is 2. The number of hydrogen-bond acceptors (Lipinski definition) is 5. The van der Waals surface area contributed by atoms with E-state index in [4.69, 9.17) is 20.0 Å². The predicted octanol–water partition coefficient (Wildman–Crippen LogP) is 1.26. The summed E-state index contributed by atoms with van der Waals surface area (Å²) in [6.45, 7) is 0.118. The molecular formula is C11H6N2O3. The standard InChI is InChI=1S/C11H6N2O3/c12-4-8(5-13)11(14)7-1-2-9-10(3-7)16-6-15-9/h1-3,8H,6H2. The minimum absolute atomic E-state index is 0.118. The average molecular weight is 214 g/mol. The van der Waals surface area contributed by atoms with Crippen LogP contribution in [0.2, 0.25) is 0 Å². The fourth-order valence-electron chi connectivity index (χ4n) is 1.36. The number of carbonyl (C=O) groups is 1. The SMILES string of the molecule is N#CC(C#N)C(=O)c1ccc2c(c1)OCO2. The van der Waals surface area contributed by atoms with E-state index in [1.807, 2.05) is 0 Å². The summed E-state index contributed by atoms with van der Waals surface area (Å²) in [6, 6.07) is 7.84. The lowest BCUT2D eigenvalue weighted by Crippen LogP contribution is -2.10. The van der Waals surface area contributed by atoms with Gasteiger partial charge < -0.3 is 9.47 Å². The summed E-state index contributed by atoms with van der Waals surface area (Å²) >= 11 is 0. The van der Waals surface area contributed by atoms with E-state index in [2.05, 4.69) is 0 Å². The lowest BCUT2D eigenvalue weighted by Gasteiger charge is -2.01. The van der Waals surface area contributed by atoms with Gasteiger partial charge in [0.2, 0.25) is 6.79 Å². The highest BCUT2D eigenvalue weighted by Crippen LogP contribution is 2.32. The first-order valence-electron chi connectivity index (χ1n) is 4.49. The summed E-state index contributed by atoms with van der Waals surface area (Å²) in [4.78, 5) is 11.7. The summed E-state index contributed by atoms with van der Waals surface area (Å²) in [7, 11) is 0. The molecule has 0 unspecified atom stereocenters. The van der Waals surface area contributed by atoms with Crippen LogP contribution in [0.1, 0.15) is 10.4 Å². The van der Waals surface area contributed by atoms with Crippen molar-refractivity contribution < 1.29 is 14.3 Å². The highest BCUT2D eigenvalue weighted by molar-refractivity contribution is 6.01. The molecule has 1 aromatic carbocycles. The van der Waals surface area contributed by atoms with Gasteiger partial charge in [-0.2, -0.15) is 10.5 Å². The molecule has 78 valence electrons. The third kappa shape index (κ3) is 1.55. The van der Waals surface area contributed by atoms with Crippen LogP contribution in [0.15, 0.2) is 18.2 Å². The Morgan fingerprint density at radius 1 is 1.25 bits per heavy atom. The van der Waals surface area contributed by atoms with E-state index in [1.54, 1.807) is 18.2 Å². The first kappa shape index (κ1) is 10.0. The van der Waals surface area contributed by atoms with Gasteiger partial charge >= 0.3 is 0 Å². The van der Waals surface area contributed by atoms with Gasteiger partial charge in [-0.05, 0) is 18.2 Å². The molecule has 0 N–H and O–H groups in total. The van der Waals surface area contributed by atoms with Crippen molar-refractivity contribution in [1.29, 1.82) is 10.5 Å². The molecule has 5 nitrogen and oxygen atoms in total. The third-order valence-electron chi connectivity index (χ3n) is 2.18. The molecule has 1 aromatic rings. The predicted molar refractivity (Wildman–Crippen MR) is 51.6 cm³/mol. The lowest BCUT2D eigenvalue weighted by molar-refractivity contribution is 0.0970. The average Bonchev–Trinajstić information content (AvgIpc) is 2.77. The molecule has 0 radical (unpaired) electrons. The zero-order chi connectivity index (χ0) is 11.5. The number of rotatable bonds is 2. The first-order chi connectivity index (χ1) is 7.76. The van der Waals surface area contributed by atoms with E-state index < -0.39 is 11.7 Å². The summed E-state index contributed by atoms with van der Waals surface area (Å²) in [5.41, 5.74) is 0.275. The largest absolute Gasteiger partial charge is 0.454 e. The normalized spacial score (nSPS) is 11.9. The Bertz CT molecular complexity index is 511. The maximum absolute atomic E-state index is 11.7. The molecule has 0 atom stereocenters. The highest BCUT2D eigenvalue weighted by Gasteiger charge is 2.22. The van der Waals surface area contributed by atoms with E-state index in [1.165, 1.54) is 12.1 Å². The summed E-state index contributed by atoms with van der Waals surface area (Å²) in [5, 5.41) is 17.2. The van der Waals surface area contributed by atoms with Crippen molar-refractivity contribution in [3.63, 3.8) is 0 Å². The summed E-state index contributed by atoms with van der Waals surface area (Å²) in [6.07, 6.45) is 0. The van der Waals surface area contributed by atoms with Crippen LogP contribution in [-0.4, -0.2) is 12.6 Å². The Balaban J connectivity index is 2.33. The number of hydrogen-bond donors (Lipinski definition) is 0. The zero-order valence-electron chi connectivity index (χ0n) is 8.14. The van der Waals surface area contributed by atoms with Crippen molar-refractivity contribution in [2.45, 2.75) is 0 Å². The molecule has 1 heterocycles. The molecule has 0 aliphatic carbocycles. The van der Waals surface area contributed by atoms with Gasteiger partial charge in [-0.1, -0.05) is 0 Å². The highest BCUT2D eigenvalue weighted by atomic mass is 16.7. The van der Waals surface area contributed by atoms with Gasteiger partial charge in [0.15, 0.2) is 23.2 Å². The number of fused-ring (bicyclic) bond motifs is 1. The molecule has 0 spiro atoms. The minimum Gasteiger partial charge on any atom is -0.454 e. The summed E-state index contributed by atoms with van der Waals surface area (Å²) < 4.78 is 10.2. The van der Waals surface area contributed by atoms with Crippen molar-refractivity contribution in [3.8, 4) is 23.6 Å². The molecule has 1 aliphatic rings. The fraction of sp³-hybridized carbons (Fsp3) is 0.182. The molecular weight excluding hydrogens is 208 g/mol. The van der Waals surface area contributed by atoms with E-state index in [9.17, 15) is 4.79 Å². The molecule has 5 heteroatoms. The molecule has 0 aromatic heterocycles. The van der Waals surface area contributed by atoms with E-state index in [0.29, 0.717) is 11.5 Å². The van der Waals surface area contributed by atoms with Crippen molar-refractivity contribution >= 4 is 5.78 Å². The van der Waals surface area contributed by atoms with Gasteiger partial charge in [0.1, 0.15) is 0 Å². The second-order valence-electron chi connectivity index (χ2n) is 3.12. The van der Waals surface area contributed by atoms with Crippen LogP contribution >= 0.6 is 0 Å². The quantitative estimate of drug-likeness (QED) is 0.692. The molecule has 0 bridgehead atoms. The number of benzene rings is 1. The van der Waals surface area contributed by atoms with Gasteiger partial charge in [0, 0.05) is 5.56 Å². The Hall–Kier alpha value is -2.53. The van der Waals surface area contributed by atoms with Crippen LogP contribution in [0.5, 0.6) is 11.5 Å². The minimum atomic E-state index is -1.28. The third-order valence-corrected chi connectivity index (χ3v) is 2.18. The van der Waals surface area contributed by atoms with Crippen LogP contribution in [0.3, 0.4) is 0 Å². The van der Waals surface area contributed by atoms with Crippen molar-refractivity contribution in [2.24, 2.45) is 5.92 Å². The van der Waals surface area contributed by atoms with Crippen molar-refractivity contribution in [3.05, 3.63) is 23.8 Å². The van der Waals surface area contributed by atoms with Gasteiger partial charge in [0.25, 0.3) is 0 Å². The Morgan fingerprint density at radius 3 is 2.62 bits per heavy atom. The number of ether oxygens (including phenoxy) is 2. The maximum Gasteiger partial charge on any atom is 0.231 e. The monoisotopic (exact) mass is 214 g/mol. The number of nitrogens with zero attached hydrogens (tertiary/aromatic N) is 2. The second kappa shape index (κ2) is 3.92. The zero-order valence-corrected chi connectivity index (χ0v) is 8.14. The van der Waals surface area contributed by atoms with Crippen molar-refractivity contribution in [1.82, 2.24) is 0 Å². The van der Waals surface area contributed by atoms with Gasteiger partial charge in [0.05, 0.1) is 12.1 Å². The smallest absolute Gasteiger partial charge is 0.231 e. The van der Waals surface area contributed by atoms with Gasteiger partial charge in [-0.25, -0.2) is 0 Å². The molecule has 0 saturated carbocycles. The number of carbonyl (C=O) groups excluding carboxylic acids is 1. The molecule has 0 saturated heterocycles. The lowest BCUT2D eigenvalue weighted by atomic mass is 10.00. The van der Waals surface area contributed by atoms with Crippen LogP contribution in [0.4, 0.5) is 0 Å². The van der Waals surface area contributed by atoms with Crippen LogP contribution in [0.25, 0.3) is 0 Å². The van der Waals surface area contributed by atoms with Crippen LogP contribution in [-0.2, 0) is 0 Å². The molecule has 16 heavy (non-hydrogen) atoms. The molecule has 0 fully saturated rings. The molecule has 2 rings (SSSR count). The van der Waals surface area contributed by atoms with Gasteiger partial charge in [-0.3, -0.25) is 4.79 Å². The Labute approximate surface area is 91.4 Å². The fourth-order valence-corrected chi connectivity index (χ4v) is 1.36. The second-order valence-corrected chi connectivity index (χ2v) is 3.12. The first-order valence-corrected chi connectivity index (χ1v) is 4.49. The summed E-state index contributed by atoms with van der Waals surface area (Å²) in [5.74, 6) is -0.786. The van der Waals surface area contributed by atoms with E-state index in [-0.39, 0.29) is 12.4 Å². The topological polar surface area (TPSA) is 83.1 Å².